The van der Waals surface area contributed by atoms with Crippen molar-refractivity contribution in [2.24, 2.45) is 49.6 Å². The molecule has 0 aliphatic heterocycles. The van der Waals surface area contributed by atoms with E-state index < -0.39 is 11.8 Å². The van der Waals surface area contributed by atoms with Crippen LogP contribution in [0.5, 0.6) is 0 Å². The average Bonchev–Trinajstić information content (AvgIpc) is 3.96. The molecule has 0 bridgehead atoms. The molecule has 2 aromatic rings. The molecule has 45 heavy (non-hydrogen) atoms. The minimum absolute atomic E-state index is 0.0208. The molecule has 2 fully saturated rings. The summed E-state index contributed by atoms with van der Waals surface area (Å²) < 4.78 is 26.2. The van der Waals surface area contributed by atoms with Crippen LogP contribution in [0.15, 0.2) is 25.0 Å². The third-order valence-corrected chi connectivity index (χ3v) is 8.88. The van der Waals surface area contributed by atoms with Crippen molar-refractivity contribution in [1.82, 2.24) is 19.1 Å². The fourth-order valence-corrected chi connectivity index (χ4v) is 5.59. The highest BCUT2D eigenvalue weighted by Gasteiger charge is 2.36. The summed E-state index contributed by atoms with van der Waals surface area (Å²) in [4.78, 5) is 59.2. The summed E-state index contributed by atoms with van der Waals surface area (Å²) in [5.74, 6) is -2.62. The van der Waals surface area contributed by atoms with Crippen LogP contribution in [0.3, 0.4) is 0 Å². The van der Waals surface area contributed by atoms with Gasteiger partial charge in [0.1, 0.15) is 0 Å². The summed E-state index contributed by atoms with van der Waals surface area (Å²) >= 11 is 0. The van der Waals surface area contributed by atoms with Crippen molar-refractivity contribution < 1.29 is 38.1 Å². The summed E-state index contributed by atoms with van der Waals surface area (Å²) in [7, 11) is 3.78. The second kappa shape index (κ2) is 16.6. The number of ether oxygens (including phenoxy) is 4. The molecule has 0 unspecified atom stereocenters. The van der Waals surface area contributed by atoms with Crippen LogP contribution in [0.25, 0.3) is 0 Å². The normalized spacial score (nSPS) is 17.2. The van der Waals surface area contributed by atoms with Gasteiger partial charge in [-0.2, -0.15) is 0 Å². The largest absolute Gasteiger partial charge is 0.465 e. The van der Waals surface area contributed by atoms with Gasteiger partial charge in [0, 0.05) is 56.1 Å². The molecule has 4 atom stereocenters. The highest BCUT2D eigenvalue weighted by Crippen LogP contribution is 2.32. The van der Waals surface area contributed by atoms with Crippen LogP contribution in [-0.4, -0.2) is 69.4 Å². The second-order valence-corrected chi connectivity index (χ2v) is 12.4. The number of carbonyl (C=O) groups excluding carboxylic acids is 4. The minimum Gasteiger partial charge on any atom is -0.465 e. The van der Waals surface area contributed by atoms with E-state index in [0.29, 0.717) is 32.1 Å². The Balaban J connectivity index is 1.26. The number of rotatable bonds is 20. The number of nitrogens with zero attached hydrogens (tertiary/aromatic N) is 4. The molecule has 0 spiro atoms. The van der Waals surface area contributed by atoms with E-state index in [1.54, 1.807) is 25.0 Å². The first-order valence-electron chi connectivity index (χ1n) is 16.3. The zero-order chi connectivity index (χ0) is 32.3. The highest BCUT2D eigenvalue weighted by molar-refractivity contribution is 5.76. The van der Waals surface area contributed by atoms with Crippen LogP contribution in [0.4, 0.5) is 0 Å². The Morgan fingerprint density at radius 1 is 0.711 bits per heavy atom. The zero-order valence-corrected chi connectivity index (χ0v) is 27.0. The molecular formula is C33H48N4O8. The van der Waals surface area contributed by atoms with Gasteiger partial charge in [-0.1, -0.05) is 13.8 Å². The van der Waals surface area contributed by atoms with E-state index in [0.717, 1.165) is 37.1 Å². The Morgan fingerprint density at radius 3 is 1.42 bits per heavy atom. The monoisotopic (exact) mass is 628 g/mol. The van der Waals surface area contributed by atoms with Gasteiger partial charge in [-0.3, -0.25) is 19.2 Å². The van der Waals surface area contributed by atoms with E-state index in [1.807, 2.05) is 37.1 Å². The molecule has 248 valence electrons. The van der Waals surface area contributed by atoms with Gasteiger partial charge in [-0.25, -0.2) is 9.97 Å². The van der Waals surface area contributed by atoms with Gasteiger partial charge in [0.05, 0.1) is 62.8 Å². The quantitative estimate of drug-likeness (QED) is 0.121. The van der Waals surface area contributed by atoms with Crippen molar-refractivity contribution in [3.05, 3.63) is 36.4 Å². The van der Waals surface area contributed by atoms with Crippen molar-refractivity contribution in [3.8, 4) is 0 Å². The van der Waals surface area contributed by atoms with E-state index in [2.05, 4.69) is 9.97 Å². The van der Waals surface area contributed by atoms with Gasteiger partial charge in [0.2, 0.25) is 0 Å². The summed E-state index contributed by atoms with van der Waals surface area (Å²) in [5.41, 5.74) is 1.88. The van der Waals surface area contributed by atoms with E-state index in [9.17, 15) is 19.2 Å². The van der Waals surface area contributed by atoms with Gasteiger partial charge < -0.3 is 28.1 Å². The first-order valence-corrected chi connectivity index (χ1v) is 16.3. The zero-order valence-electron chi connectivity index (χ0n) is 27.0. The van der Waals surface area contributed by atoms with Crippen molar-refractivity contribution in [2.45, 2.75) is 71.6 Å². The fourth-order valence-electron chi connectivity index (χ4n) is 5.59. The van der Waals surface area contributed by atoms with Gasteiger partial charge >= 0.3 is 23.9 Å². The Morgan fingerprint density at radius 2 is 1.11 bits per heavy atom. The summed E-state index contributed by atoms with van der Waals surface area (Å²) in [6, 6.07) is 0. The molecule has 0 saturated heterocycles. The predicted octanol–water partition coefficient (Wildman–Crippen LogP) is 3.61. The van der Waals surface area contributed by atoms with Crippen LogP contribution in [-0.2, 0) is 65.1 Å². The number of aromatic nitrogens is 4. The van der Waals surface area contributed by atoms with E-state index in [1.165, 1.54) is 0 Å². The lowest BCUT2D eigenvalue weighted by atomic mass is 9.87. The molecule has 0 amide bonds. The molecule has 2 heterocycles. The molecule has 0 N–H and O–H groups in total. The Bertz CT molecular complexity index is 1180. The van der Waals surface area contributed by atoms with Crippen LogP contribution in [0.1, 0.15) is 70.2 Å². The Kier molecular flexibility index (Phi) is 12.6. The number of hydrogen-bond acceptors (Lipinski definition) is 10. The van der Waals surface area contributed by atoms with Gasteiger partial charge in [-0.05, 0) is 51.4 Å². The first-order chi connectivity index (χ1) is 21.7. The third kappa shape index (κ3) is 10.2. The number of esters is 4. The van der Waals surface area contributed by atoms with Gasteiger partial charge in [-0.15, -0.1) is 0 Å². The number of imidazole rings is 2. The van der Waals surface area contributed by atoms with Crippen molar-refractivity contribution >= 4 is 23.9 Å². The Hall–Kier alpha value is -3.70. The molecule has 2 aliphatic rings. The maximum Gasteiger partial charge on any atom is 0.309 e. The molecule has 12 heteroatoms. The lowest BCUT2D eigenvalue weighted by Crippen LogP contribution is -2.32. The van der Waals surface area contributed by atoms with Crippen molar-refractivity contribution in [1.29, 1.82) is 0 Å². The topological polar surface area (TPSA) is 141 Å². The first kappa shape index (κ1) is 34.2. The van der Waals surface area contributed by atoms with Crippen LogP contribution in [0.2, 0.25) is 0 Å². The Labute approximate surface area is 265 Å². The molecule has 0 radical (unpaired) electrons. The minimum atomic E-state index is -0.468. The molecule has 2 aromatic heterocycles. The maximum absolute atomic E-state index is 13.2. The van der Waals surface area contributed by atoms with Gasteiger partial charge in [0.25, 0.3) is 0 Å². The van der Waals surface area contributed by atoms with Crippen LogP contribution in [0, 0.1) is 35.5 Å². The SMILES string of the molecule is CC[C@H](C(=O)OCCCOC(=O)[C@@H](CC)[C@H](COC(=O)C1CC1)Cc1cncn1C)[C@H](COC(=O)C1CC1)Cc1cncn1C. The third-order valence-electron chi connectivity index (χ3n) is 8.88. The van der Waals surface area contributed by atoms with E-state index in [-0.39, 0.29) is 74.0 Å². The summed E-state index contributed by atoms with van der Waals surface area (Å²) in [5, 5.41) is 0. The fraction of sp³-hybridized carbons (Fsp3) is 0.697. The van der Waals surface area contributed by atoms with Crippen LogP contribution < -0.4 is 0 Å². The highest BCUT2D eigenvalue weighted by atomic mass is 16.6. The van der Waals surface area contributed by atoms with E-state index >= 15 is 0 Å². The molecule has 0 aromatic carbocycles. The molecular weight excluding hydrogens is 580 g/mol. The van der Waals surface area contributed by atoms with Crippen molar-refractivity contribution in [3.63, 3.8) is 0 Å². The number of carbonyl (C=O) groups is 4. The standard InChI is InChI=1S/C33H48N4O8/c1-5-28(24(14-26-16-34-20-36(26)3)18-44-30(38)22-8-9-22)32(40)42-12-7-13-43-33(41)29(6-2)25(15-27-17-35-21-37(27)4)19-45-31(39)23-10-11-23/h16-17,20-25,28-29H,5-15,18-19H2,1-4H3/t24-,25-,28-,29-/m0/s1. The number of hydrogen-bond donors (Lipinski definition) is 0. The second-order valence-electron chi connectivity index (χ2n) is 12.4. The molecule has 12 nitrogen and oxygen atoms in total. The van der Waals surface area contributed by atoms with Gasteiger partial charge in [0.15, 0.2) is 0 Å². The van der Waals surface area contributed by atoms with Crippen molar-refractivity contribution in [2.75, 3.05) is 26.4 Å². The maximum atomic E-state index is 13.2. The van der Waals surface area contributed by atoms with E-state index in [4.69, 9.17) is 18.9 Å². The molecule has 2 saturated carbocycles. The number of aryl methyl sites for hydroxylation is 2. The lowest BCUT2D eigenvalue weighted by Gasteiger charge is -2.25. The molecule has 4 rings (SSSR count). The lowest BCUT2D eigenvalue weighted by molar-refractivity contribution is -0.158. The smallest absolute Gasteiger partial charge is 0.309 e. The average molecular weight is 629 g/mol. The summed E-state index contributed by atoms with van der Waals surface area (Å²) in [6.45, 7) is 4.30. The van der Waals surface area contributed by atoms with Crippen LogP contribution >= 0.6 is 0 Å². The predicted molar refractivity (Wildman–Crippen MR) is 162 cm³/mol. The molecule has 2 aliphatic carbocycles. The summed E-state index contributed by atoms with van der Waals surface area (Å²) in [6.07, 6.45) is 12.8.